The number of rotatable bonds is 6. The lowest BCUT2D eigenvalue weighted by molar-refractivity contribution is 0.247. The maximum absolute atomic E-state index is 8.77. The topological polar surface area (TPSA) is 32.3 Å². The van der Waals surface area contributed by atoms with Crippen LogP contribution in [-0.4, -0.2) is 23.8 Å². The summed E-state index contributed by atoms with van der Waals surface area (Å²) < 4.78 is 0. The van der Waals surface area contributed by atoms with Crippen molar-refractivity contribution in [3.05, 3.63) is 0 Å². The van der Waals surface area contributed by atoms with Crippen molar-refractivity contribution in [2.45, 2.75) is 70.9 Å². The van der Waals surface area contributed by atoms with Gasteiger partial charge in [-0.15, -0.1) is 0 Å². The van der Waals surface area contributed by atoms with Crippen LogP contribution in [0.15, 0.2) is 0 Å². The SMILES string of the molecule is C[C@@H](CCCO)N[C@H](C)C1CCCCC1. The number of aliphatic hydroxyl groups excluding tert-OH is 1. The normalized spacial score (nSPS) is 22.6. The van der Waals surface area contributed by atoms with Gasteiger partial charge in [-0.05, 0) is 45.4 Å². The summed E-state index contributed by atoms with van der Waals surface area (Å²) in [5.41, 5.74) is 0. The lowest BCUT2D eigenvalue weighted by Gasteiger charge is -2.30. The number of hydrogen-bond donors (Lipinski definition) is 2. The van der Waals surface area contributed by atoms with Gasteiger partial charge in [0.15, 0.2) is 0 Å². The van der Waals surface area contributed by atoms with E-state index in [0.29, 0.717) is 18.7 Å². The molecular weight excluding hydrogens is 186 g/mol. The smallest absolute Gasteiger partial charge is 0.0431 e. The molecule has 1 saturated carbocycles. The van der Waals surface area contributed by atoms with Gasteiger partial charge in [0.25, 0.3) is 0 Å². The molecule has 2 atom stereocenters. The third-order valence-corrected chi connectivity index (χ3v) is 3.70. The van der Waals surface area contributed by atoms with Gasteiger partial charge < -0.3 is 10.4 Å². The van der Waals surface area contributed by atoms with Crippen LogP contribution in [0.25, 0.3) is 0 Å². The Morgan fingerprint density at radius 3 is 2.47 bits per heavy atom. The molecule has 0 radical (unpaired) electrons. The Balaban J connectivity index is 2.17. The van der Waals surface area contributed by atoms with Crippen LogP contribution in [0.3, 0.4) is 0 Å². The predicted molar refractivity (Wildman–Crippen MR) is 65.0 cm³/mol. The van der Waals surface area contributed by atoms with Gasteiger partial charge in [0.05, 0.1) is 0 Å². The molecule has 90 valence electrons. The molecule has 1 rings (SSSR count). The predicted octanol–water partition coefficient (Wildman–Crippen LogP) is 2.71. The van der Waals surface area contributed by atoms with Crippen molar-refractivity contribution in [1.29, 1.82) is 0 Å². The standard InChI is InChI=1S/C13H27NO/c1-11(7-6-10-15)14-12(2)13-8-4-3-5-9-13/h11-15H,3-10H2,1-2H3/t11-,12+/m0/s1. The Hall–Kier alpha value is -0.0800. The molecule has 0 aromatic heterocycles. The van der Waals surface area contributed by atoms with Crippen LogP contribution in [0.2, 0.25) is 0 Å². The highest BCUT2D eigenvalue weighted by Gasteiger charge is 2.20. The molecule has 0 amide bonds. The van der Waals surface area contributed by atoms with E-state index in [1.807, 2.05) is 0 Å². The highest BCUT2D eigenvalue weighted by Crippen LogP contribution is 2.26. The van der Waals surface area contributed by atoms with Crippen molar-refractivity contribution in [3.8, 4) is 0 Å². The Morgan fingerprint density at radius 2 is 1.87 bits per heavy atom. The highest BCUT2D eigenvalue weighted by atomic mass is 16.2. The van der Waals surface area contributed by atoms with E-state index >= 15 is 0 Å². The fraction of sp³-hybridized carbons (Fsp3) is 1.00. The Bertz CT molecular complexity index is 155. The fourth-order valence-electron chi connectivity index (χ4n) is 2.70. The minimum absolute atomic E-state index is 0.323. The molecular formula is C13H27NO. The third-order valence-electron chi connectivity index (χ3n) is 3.70. The van der Waals surface area contributed by atoms with E-state index in [9.17, 15) is 0 Å². The van der Waals surface area contributed by atoms with Crippen molar-refractivity contribution in [2.75, 3.05) is 6.61 Å². The molecule has 0 aromatic carbocycles. The summed E-state index contributed by atoms with van der Waals surface area (Å²) in [5.74, 6) is 0.885. The van der Waals surface area contributed by atoms with Crippen molar-refractivity contribution in [2.24, 2.45) is 5.92 Å². The third kappa shape index (κ3) is 4.98. The summed E-state index contributed by atoms with van der Waals surface area (Å²) in [5, 5.41) is 12.4. The minimum Gasteiger partial charge on any atom is -0.396 e. The van der Waals surface area contributed by atoms with Gasteiger partial charge in [-0.2, -0.15) is 0 Å². The molecule has 0 saturated heterocycles. The van der Waals surface area contributed by atoms with Crippen LogP contribution in [0.1, 0.15) is 58.8 Å². The van der Waals surface area contributed by atoms with E-state index < -0.39 is 0 Å². The van der Waals surface area contributed by atoms with Gasteiger partial charge >= 0.3 is 0 Å². The lowest BCUT2D eigenvalue weighted by Crippen LogP contribution is -2.40. The maximum Gasteiger partial charge on any atom is 0.0431 e. The zero-order valence-electron chi connectivity index (χ0n) is 10.3. The van der Waals surface area contributed by atoms with Gasteiger partial charge in [-0.1, -0.05) is 19.3 Å². The molecule has 2 heteroatoms. The van der Waals surface area contributed by atoms with Crippen LogP contribution in [0.4, 0.5) is 0 Å². The van der Waals surface area contributed by atoms with E-state index in [0.717, 1.165) is 18.8 Å². The van der Waals surface area contributed by atoms with Gasteiger partial charge in [-0.25, -0.2) is 0 Å². The van der Waals surface area contributed by atoms with Crippen LogP contribution >= 0.6 is 0 Å². The number of aliphatic hydroxyl groups is 1. The second-order valence-corrected chi connectivity index (χ2v) is 5.12. The summed E-state index contributed by atoms with van der Waals surface area (Å²) in [4.78, 5) is 0. The van der Waals surface area contributed by atoms with E-state index in [-0.39, 0.29) is 0 Å². The van der Waals surface area contributed by atoms with Gasteiger partial charge in [-0.3, -0.25) is 0 Å². The molecule has 0 spiro atoms. The van der Waals surface area contributed by atoms with E-state index in [2.05, 4.69) is 19.2 Å². The lowest BCUT2D eigenvalue weighted by atomic mass is 9.84. The first-order chi connectivity index (χ1) is 7.24. The zero-order valence-corrected chi connectivity index (χ0v) is 10.3. The van der Waals surface area contributed by atoms with Crippen LogP contribution in [0, 0.1) is 5.92 Å². The van der Waals surface area contributed by atoms with Gasteiger partial charge in [0, 0.05) is 18.7 Å². The molecule has 0 bridgehead atoms. The minimum atomic E-state index is 0.323. The van der Waals surface area contributed by atoms with Crippen molar-refractivity contribution in [3.63, 3.8) is 0 Å². The van der Waals surface area contributed by atoms with Gasteiger partial charge in [0.2, 0.25) is 0 Å². The van der Waals surface area contributed by atoms with Crippen LogP contribution < -0.4 is 5.32 Å². The summed E-state index contributed by atoms with van der Waals surface area (Å²) >= 11 is 0. The Morgan fingerprint density at radius 1 is 1.20 bits per heavy atom. The Kier molecular flexibility index (Phi) is 6.26. The van der Waals surface area contributed by atoms with E-state index in [1.165, 1.54) is 32.1 Å². The Labute approximate surface area is 94.5 Å². The van der Waals surface area contributed by atoms with E-state index in [1.54, 1.807) is 0 Å². The molecule has 0 heterocycles. The molecule has 1 fully saturated rings. The molecule has 0 aliphatic heterocycles. The molecule has 1 aliphatic rings. The second-order valence-electron chi connectivity index (χ2n) is 5.12. The molecule has 2 nitrogen and oxygen atoms in total. The second kappa shape index (κ2) is 7.24. The van der Waals surface area contributed by atoms with Crippen molar-refractivity contribution in [1.82, 2.24) is 5.32 Å². The summed E-state index contributed by atoms with van der Waals surface area (Å²) in [7, 11) is 0. The summed E-state index contributed by atoms with van der Waals surface area (Å²) in [6.45, 7) is 4.88. The molecule has 2 N–H and O–H groups in total. The van der Waals surface area contributed by atoms with Crippen molar-refractivity contribution >= 4 is 0 Å². The average Bonchev–Trinajstić information content (AvgIpc) is 2.27. The molecule has 15 heavy (non-hydrogen) atoms. The molecule has 0 aromatic rings. The van der Waals surface area contributed by atoms with Gasteiger partial charge in [0.1, 0.15) is 0 Å². The number of nitrogens with one attached hydrogen (secondary N) is 1. The van der Waals surface area contributed by atoms with E-state index in [4.69, 9.17) is 5.11 Å². The largest absolute Gasteiger partial charge is 0.396 e. The summed E-state index contributed by atoms with van der Waals surface area (Å²) in [6, 6.07) is 1.20. The van der Waals surface area contributed by atoms with Crippen LogP contribution in [0.5, 0.6) is 0 Å². The zero-order chi connectivity index (χ0) is 11.1. The first kappa shape index (κ1) is 13.0. The van der Waals surface area contributed by atoms with Crippen molar-refractivity contribution < 1.29 is 5.11 Å². The molecule has 1 aliphatic carbocycles. The first-order valence-corrected chi connectivity index (χ1v) is 6.61. The maximum atomic E-state index is 8.77. The quantitative estimate of drug-likeness (QED) is 0.711. The highest BCUT2D eigenvalue weighted by molar-refractivity contribution is 4.78. The molecule has 0 unspecified atom stereocenters. The monoisotopic (exact) mass is 213 g/mol. The number of hydrogen-bond acceptors (Lipinski definition) is 2. The average molecular weight is 213 g/mol. The summed E-state index contributed by atoms with van der Waals surface area (Å²) in [6.07, 6.45) is 9.09. The fourth-order valence-corrected chi connectivity index (χ4v) is 2.70. The first-order valence-electron chi connectivity index (χ1n) is 6.61. The van der Waals surface area contributed by atoms with Crippen LogP contribution in [-0.2, 0) is 0 Å².